The van der Waals surface area contributed by atoms with Crippen molar-refractivity contribution in [3.05, 3.63) is 29.8 Å². The second-order valence-electron chi connectivity index (χ2n) is 5.79. The van der Waals surface area contributed by atoms with Crippen LogP contribution in [0.2, 0.25) is 0 Å². The number of rotatable bonds is 8. The summed E-state index contributed by atoms with van der Waals surface area (Å²) >= 11 is 0. The van der Waals surface area contributed by atoms with Gasteiger partial charge in [0.2, 0.25) is 0 Å². The van der Waals surface area contributed by atoms with E-state index in [9.17, 15) is 0 Å². The largest absolute Gasteiger partial charge is 0.491 e. The Kier molecular flexibility index (Phi) is 6.93. The van der Waals surface area contributed by atoms with E-state index in [1.165, 1.54) is 12.0 Å². The third-order valence-corrected chi connectivity index (χ3v) is 3.14. The molecule has 0 aliphatic carbocycles. The predicted molar refractivity (Wildman–Crippen MR) is 82.7 cm³/mol. The van der Waals surface area contributed by atoms with Gasteiger partial charge in [0.25, 0.3) is 0 Å². The molecule has 1 atom stereocenters. The first-order valence-electron chi connectivity index (χ1n) is 7.53. The summed E-state index contributed by atoms with van der Waals surface area (Å²) in [6.45, 7) is 11.9. The fraction of sp³-hybridized carbons (Fsp3) is 0.647. The lowest BCUT2D eigenvalue weighted by atomic mass is 9.97. The number of hydrogen-bond acceptors (Lipinski definition) is 2. The second-order valence-corrected chi connectivity index (χ2v) is 5.79. The first-order valence-corrected chi connectivity index (χ1v) is 7.53. The Labute approximate surface area is 118 Å². The molecule has 1 aromatic rings. The third kappa shape index (κ3) is 5.65. The molecule has 0 aliphatic rings. The number of ether oxygens (including phenoxy) is 1. The average molecular weight is 263 g/mol. The minimum absolute atomic E-state index is 0.216. The van der Waals surface area contributed by atoms with Gasteiger partial charge in [0, 0.05) is 11.6 Å². The Bertz CT molecular complexity index is 360. The highest BCUT2D eigenvalue weighted by Crippen LogP contribution is 2.29. The van der Waals surface area contributed by atoms with Crippen molar-refractivity contribution in [1.82, 2.24) is 5.32 Å². The number of hydrogen-bond donors (Lipinski definition) is 1. The van der Waals surface area contributed by atoms with Crippen molar-refractivity contribution in [2.45, 2.75) is 59.6 Å². The van der Waals surface area contributed by atoms with Crippen molar-refractivity contribution in [2.24, 2.45) is 5.92 Å². The van der Waals surface area contributed by atoms with Crippen LogP contribution in [-0.4, -0.2) is 12.6 Å². The summed E-state index contributed by atoms with van der Waals surface area (Å²) in [7, 11) is 0. The Balaban J connectivity index is 2.87. The Hall–Kier alpha value is -1.02. The highest BCUT2D eigenvalue weighted by atomic mass is 16.5. The first kappa shape index (κ1) is 16.0. The van der Waals surface area contributed by atoms with Gasteiger partial charge >= 0.3 is 0 Å². The quantitative estimate of drug-likeness (QED) is 0.742. The maximum Gasteiger partial charge on any atom is 0.124 e. The van der Waals surface area contributed by atoms with Crippen molar-refractivity contribution in [3.63, 3.8) is 0 Å². The molecule has 0 spiro atoms. The van der Waals surface area contributed by atoms with E-state index >= 15 is 0 Å². The maximum absolute atomic E-state index is 5.94. The molecule has 108 valence electrons. The van der Waals surface area contributed by atoms with Gasteiger partial charge in [0.15, 0.2) is 0 Å². The van der Waals surface area contributed by atoms with Crippen molar-refractivity contribution in [1.29, 1.82) is 0 Å². The molecule has 2 heteroatoms. The van der Waals surface area contributed by atoms with Gasteiger partial charge in [-0.25, -0.2) is 0 Å². The molecule has 0 aliphatic heterocycles. The van der Waals surface area contributed by atoms with E-state index in [1.54, 1.807) is 0 Å². The van der Waals surface area contributed by atoms with E-state index in [-0.39, 0.29) is 6.10 Å². The zero-order valence-corrected chi connectivity index (χ0v) is 13.1. The van der Waals surface area contributed by atoms with E-state index in [4.69, 9.17) is 4.74 Å². The molecule has 0 bridgehead atoms. The van der Waals surface area contributed by atoms with Crippen LogP contribution >= 0.6 is 0 Å². The topological polar surface area (TPSA) is 21.3 Å². The van der Waals surface area contributed by atoms with Gasteiger partial charge in [0.05, 0.1) is 6.10 Å². The van der Waals surface area contributed by atoms with Gasteiger partial charge in [0.1, 0.15) is 5.75 Å². The highest BCUT2D eigenvalue weighted by Gasteiger charge is 2.16. The SMILES string of the molecule is CCNC(CCC(C)C)c1ccccc1OC(C)C. The third-order valence-electron chi connectivity index (χ3n) is 3.14. The molecule has 1 rings (SSSR count). The lowest BCUT2D eigenvalue weighted by Gasteiger charge is -2.23. The van der Waals surface area contributed by atoms with Gasteiger partial charge < -0.3 is 10.1 Å². The predicted octanol–water partition coefficient (Wildman–Crippen LogP) is 4.56. The molecule has 2 nitrogen and oxygen atoms in total. The zero-order chi connectivity index (χ0) is 14.3. The van der Waals surface area contributed by atoms with Crippen molar-refractivity contribution >= 4 is 0 Å². The summed E-state index contributed by atoms with van der Waals surface area (Å²) in [6.07, 6.45) is 2.60. The smallest absolute Gasteiger partial charge is 0.124 e. The standard InChI is InChI=1S/C17H29NO/c1-6-18-16(12-11-13(2)3)15-9-7-8-10-17(15)19-14(4)5/h7-10,13-14,16,18H,6,11-12H2,1-5H3. The molecular weight excluding hydrogens is 234 g/mol. The fourth-order valence-electron chi connectivity index (χ4n) is 2.24. The van der Waals surface area contributed by atoms with E-state index in [0.717, 1.165) is 24.6 Å². The summed E-state index contributed by atoms with van der Waals surface area (Å²) in [5.74, 6) is 1.76. The van der Waals surface area contributed by atoms with Crippen molar-refractivity contribution in [3.8, 4) is 5.75 Å². The van der Waals surface area contributed by atoms with Crippen LogP contribution in [0, 0.1) is 5.92 Å². The number of para-hydroxylation sites is 1. The zero-order valence-electron chi connectivity index (χ0n) is 13.1. The molecule has 0 radical (unpaired) electrons. The maximum atomic E-state index is 5.94. The lowest BCUT2D eigenvalue weighted by molar-refractivity contribution is 0.237. The molecule has 0 heterocycles. The molecule has 0 saturated heterocycles. The van der Waals surface area contributed by atoms with Crippen LogP contribution < -0.4 is 10.1 Å². The molecule has 1 unspecified atom stereocenters. The summed E-state index contributed by atoms with van der Waals surface area (Å²) in [6, 6.07) is 8.80. The van der Waals surface area contributed by atoms with Gasteiger partial charge in [-0.15, -0.1) is 0 Å². The second kappa shape index (κ2) is 8.21. The molecule has 0 fully saturated rings. The minimum atomic E-state index is 0.216. The monoisotopic (exact) mass is 263 g/mol. The van der Waals surface area contributed by atoms with Crippen LogP contribution in [-0.2, 0) is 0 Å². The molecule has 0 saturated carbocycles. The average Bonchev–Trinajstić information content (AvgIpc) is 2.34. The summed E-state index contributed by atoms with van der Waals surface area (Å²) in [5, 5.41) is 3.59. The van der Waals surface area contributed by atoms with Crippen LogP contribution in [0.1, 0.15) is 59.1 Å². The molecule has 0 amide bonds. The van der Waals surface area contributed by atoms with Crippen LogP contribution in [0.5, 0.6) is 5.75 Å². The van der Waals surface area contributed by atoms with Gasteiger partial charge in [-0.05, 0) is 45.2 Å². The van der Waals surface area contributed by atoms with Crippen LogP contribution in [0.3, 0.4) is 0 Å². The molecule has 19 heavy (non-hydrogen) atoms. The lowest BCUT2D eigenvalue weighted by Crippen LogP contribution is -2.22. The molecule has 1 aromatic carbocycles. The summed E-state index contributed by atoms with van der Waals surface area (Å²) in [5.41, 5.74) is 1.29. The molecular formula is C17H29NO. The van der Waals surface area contributed by atoms with Crippen LogP contribution in [0.4, 0.5) is 0 Å². The molecule has 0 aromatic heterocycles. The fourth-order valence-corrected chi connectivity index (χ4v) is 2.24. The molecule has 1 N–H and O–H groups in total. The Morgan fingerprint density at radius 3 is 2.32 bits per heavy atom. The van der Waals surface area contributed by atoms with Crippen molar-refractivity contribution in [2.75, 3.05) is 6.54 Å². The summed E-state index contributed by atoms with van der Waals surface area (Å²) in [4.78, 5) is 0. The van der Waals surface area contributed by atoms with Crippen LogP contribution in [0.15, 0.2) is 24.3 Å². The normalized spacial score (nSPS) is 13.0. The van der Waals surface area contributed by atoms with Gasteiger partial charge in [-0.1, -0.05) is 39.0 Å². The van der Waals surface area contributed by atoms with Crippen LogP contribution in [0.25, 0.3) is 0 Å². The summed E-state index contributed by atoms with van der Waals surface area (Å²) < 4.78 is 5.94. The number of nitrogens with one attached hydrogen (secondary N) is 1. The Morgan fingerprint density at radius 2 is 1.74 bits per heavy atom. The number of benzene rings is 1. The minimum Gasteiger partial charge on any atom is -0.491 e. The first-order chi connectivity index (χ1) is 9.04. The van der Waals surface area contributed by atoms with Gasteiger partial charge in [-0.2, -0.15) is 0 Å². The Morgan fingerprint density at radius 1 is 1.05 bits per heavy atom. The van der Waals surface area contributed by atoms with E-state index < -0.39 is 0 Å². The van der Waals surface area contributed by atoms with E-state index in [0.29, 0.717) is 6.04 Å². The van der Waals surface area contributed by atoms with E-state index in [2.05, 4.69) is 58.1 Å². The highest BCUT2D eigenvalue weighted by molar-refractivity contribution is 5.36. The van der Waals surface area contributed by atoms with Crippen molar-refractivity contribution < 1.29 is 4.74 Å². The van der Waals surface area contributed by atoms with Gasteiger partial charge in [-0.3, -0.25) is 0 Å². The van der Waals surface area contributed by atoms with E-state index in [1.807, 2.05) is 6.07 Å².